The molecule has 1 saturated heterocycles. The van der Waals surface area contributed by atoms with Gasteiger partial charge in [0.25, 0.3) is 0 Å². The fourth-order valence-corrected chi connectivity index (χ4v) is 2.16. The molecular weight excluding hydrogens is 220 g/mol. The second-order valence-electron chi connectivity index (χ2n) is 4.33. The van der Waals surface area contributed by atoms with E-state index in [0.717, 1.165) is 0 Å². The molecule has 5 heteroatoms. The van der Waals surface area contributed by atoms with Crippen molar-refractivity contribution in [2.24, 2.45) is 5.41 Å². The monoisotopic (exact) mass is 238 g/mol. The van der Waals surface area contributed by atoms with Crippen molar-refractivity contribution in [1.82, 2.24) is 10.2 Å². The third kappa shape index (κ3) is 2.90. The van der Waals surface area contributed by atoms with Crippen LogP contribution in [0.25, 0.3) is 0 Å². The summed E-state index contributed by atoms with van der Waals surface area (Å²) in [6.45, 7) is 2.86. The van der Waals surface area contributed by atoms with Crippen molar-refractivity contribution in [3.63, 3.8) is 0 Å². The molecule has 1 aliphatic rings. The van der Waals surface area contributed by atoms with E-state index in [0.29, 0.717) is 25.8 Å². The van der Waals surface area contributed by atoms with Gasteiger partial charge < -0.3 is 15.3 Å². The summed E-state index contributed by atoms with van der Waals surface area (Å²) >= 11 is 0. The van der Waals surface area contributed by atoms with Crippen molar-refractivity contribution in [3.05, 3.63) is 0 Å². The molecule has 1 unspecified atom stereocenters. The highest BCUT2D eigenvalue weighted by atomic mass is 16.4. The van der Waals surface area contributed by atoms with Crippen LogP contribution in [0.1, 0.15) is 26.2 Å². The average Bonchev–Trinajstić information content (AvgIpc) is 2.35. The molecule has 94 valence electrons. The molecule has 1 aliphatic heterocycles. The third-order valence-corrected chi connectivity index (χ3v) is 3.34. The summed E-state index contributed by atoms with van der Waals surface area (Å²) in [5, 5.41) is 11.8. The minimum atomic E-state index is -0.825. The summed E-state index contributed by atoms with van der Waals surface area (Å²) in [5.41, 5.74) is -0.800. The molecule has 5 nitrogen and oxygen atoms in total. The van der Waals surface area contributed by atoms with Gasteiger partial charge in [-0.1, -0.05) is 12.8 Å². The van der Waals surface area contributed by atoms with Gasteiger partial charge in [-0.15, -0.1) is 6.42 Å². The van der Waals surface area contributed by atoms with Crippen LogP contribution in [-0.2, 0) is 4.79 Å². The van der Waals surface area contributed by atoms with E-state index in [9.17, 15) is 14.7 Å². The first kappa shape index (κ1) is 13.4. The first-order chi connectivity index (χ1) is 8.05. The largest absolute Gasteiger partial charge is 0.481 e. The first-order valence-electron chi connectivity index (χ1n) is 5.75. The maximum Gasteiger partial charge on any atom is 0.318 e. The summed E-state index contributed by atoms with van der Waals surface area (Å²) in [6.07, 6.45) is 6.92. The smallest absolute Gasteiger partial charge is 0.318 e. The molecular formula is C12H18N2O3. The highest BCUT2D eigenvalue weighted by molar-refractivity contribution is 5.78. The number of amides is 2. The molecule has 0 spiro atoms. The van der Waals surface area contributed by atoms with Crippen molar-refractivity contribution >= 4 is 12.0 Å². The number of carbonyl (C=O) groups is 2. The molecule has 0 saturated carbocycles. The Morgan fingerprint density at radius 1 is 1.59 bits per heavy atom. The number of hydrogen-bond donors (Lipinski definition) is 2. The molecule has 0 aromatic rings. The number of likely N-dealkylation sites (tertiary alicyclic amines) is 1. The van der Waals surface area contributed by atoms with Gasteiger partial charge in [-0.3, -0.25) is 4.79 Å². The van der Waals surface area contributed by atoms with Crippen molar-refractivity contribution in [2.45, 2.75) is 26.2 Å². The lowest BCUT2D eigenvalue weighted by molar-refractivity contribution is -0.152. The first-order valence-corrected chi connectivity index (χ1v) is 5.75. The number of carboxylic acids is 1. The minimum Gasteiger partial charge on any atom is -0.481 e. The zero-order valence-corrected chi connectivity index (χ0v) is 10.0. The molecule has 0 bridgehead atoms. The van der Waals surface area contributed by atoms with E-state index in [-0.39, 0.29) is 19.1 Å². The van der Waals surface area contributed by atoms with E-state index >= 15 is 0 Å². The minimum absolute atomic E-state index is 0.168. The number of carbonyl (C=O) groups excluding carboxylic acids is 1. The van der Waals surface area contributed by atoms with Gasteiger partial charge in [0.1, 0.15) is 0 Å². The number of rotatable bonds is 3. The Balaban J connectivity index is 2.69. The van der Waals surface area contributed by atoms with Crippen LogP contribution in [0.15, 0.2) is 0 Å². The van der Waals surface area contributed by atoms with Crippen LogP contribution in [-0.4, -0.2) is 41.6 Å². The van der Waals surface area contributed by atoms with Crippen molar-refractivity contribution in [1.29, 1.82) is 0 Å². The number of urea groups is 1. The number of terminal acetylenes is 1. The Kier molecular flexibility index (Phi) is 4.38. The van der Waals surface area contributed by atoms with E-state index in [1.54, 1.807) is 4.90 Å². The van der Waals surface area contributed by atoms with Gasteiger partial charge in [-0.25, -0.2) is 4.79 Å². The van der Waals surface area contributed by atoms with Gasteiger partial charge in [0.2, 0.25) is 0 Å². The molecule has 17 heavy (non-hydrogen) atoms. The second kappa shape index (κ2) is 5.58. The number of aliphatic carboxylic acids is 1. The van der Waals surface area contributed by atoms with E-state index < -0.39 is 11.4 Å². The lowest BCUT2D eigenvalue weighted by Gasteiger charge is -2.39. The predicted octanol–water partition coefficient (Wildman–Crippen LogP) is 0.906. The third-order valence-electron chi connectivity index (χ3n) is 3.34. The fraction of sp³-hybridized carbons (Fsp3) is 0.667. The molecule has 1 rings (SSSR count). The van der Waals surface area contributed by atoms with Crippen LogP contribution in [0.5, 0.6) is 0 Å². The molecule has 2 amide bonds. The lowest BCUT2D eigenvalue weighted by Crippen LogP contribution is -2.52. The zero-order chi connectivity index (χ0) is 12.9. The number of carboxylic acid groups (broad SMARTS) is 1. The van der Waals surface area contributed by atoms with Crippen LogP contribution in [0, 0.1) is 17.8 Å². The summed E-state index contributed by atoms with van der Waals surface area (Å²) in [6, 6.07) is -0.276. The Labute approximate surface area is 101 Å². The van der Waals surface area contributed by atoms with Crippen molar-refractivity contribution in [3.8, 4) is 12.3 Å². The van der Waals surface area contributed by atoms with Crippen LogP contribution >= 0.6 is 0 Å². The Bertz CT molecular complexity index is 348. The Morgan fingerprint density at radius 3 is 2.82 bits per heavy atom. The van der Waals surface area contributed by atoms with E-state index in [4.69, 9.17) is 6.42 Å². The maximum atomic E-state index is 11.7. The highest BCUT2D eigenvalue weighted by Crippen LogP contribution is 2.33. The normalized spacial score (nSPS) is 23.9. The average molecular weight is 238 g/mol. The zero-order valence-electron chi connectivity index (χ0n) is 10.0. The molecule has 1 fully saturated rings. The van der Waals surface area contributed by atoms with E-state index in [1.165, 1.54) is 0 Å². The van der Waals surface area contributed by atoms with Gasteiger partial charge in [0.05, 0.1) is 12.0 Å². The summed E-state index contributed by atoms with van der Waals surface area (Å²) in [5.74, 6) is 1.50. The highest BCUT2D eigenvalue weighted by Gasteiger charge is 2.41. The molecule has 0 aromatic carbocycles. The van der Waals surface area contributed by atoms with Crippen LogP contribution < -0.4 is 5.32 Å². The SMILES string of the molecule is C#CCNC(=O)N1CCCC(CC)(C(=O)O)C1. The number of hydrogen-bond acceptors (Lipinski definition) is 2. The van der Waals surface area contributed by atoms with E-state index in [1.807, 2.05) is 6.92 Å². The fourth-order valence-electron chi connectivity index (χ4n) is 2.16. The summed E-state index contributed by atoms with van der Waals surface area (Å²) < 4.78 is 0. The Morgan fingerprint density at radius 2 is 2.29 bits per heavy atom. The Hall–Kier alpha value is -1.70. The summed E-state index contributed by atoms with van der Waals surface area (Å²) in [7, 11) is 0. The lowest BCUT2D eigenvalue weighted by atomic mass is 9.78. The molecule has 1 heterocycles. The van der Waals surface area contributed by atoms with Gasteiger partial charge in [-0.2, -0.15) is 0 Å². The van der Waals surface area contributed by atoms with Gasteiger partial charge >= 0.3 is 12.0 Å². The van der Waals surface area contributed by atoms with Gasteiger partial charge in [0, 0.05) is 13.1 Å². The molecule has 1 atom stereocenters. The summed E-state index contributed by atoms with van der Waals surface area (Å²) in [4.78, 5) is 24.5. The molecule has 0 radical (unpaired) electrons. The predicted molar refractivity (Wildman–Crippen MR) is 63.4 cm³/mol. The number of nitrogens with zero attached hydrogens (tertiary/aromatic N) is 1. The van der Waals surface area contributed by atoms with Crippen molar-refractivity contribution in [2.75, 3.05) is 19.6 Å². The van der Waals surface area contributed by atoms with Gasteiger partial charge in [0.15, 0.2) is 0 Å². The van der Waals surface area contributed by atoms with Crippen LogP contribution in [0.4, 0.5) is 4.79 Å². The van der Waals surface area contributed by atoms with Crippen LogP contribution in [0.3, 0.4) is 0 Å². The topological polar surface area (TPSA) is 69.6 Å². The quantitative estimate of drug-likeness (QED) is 0.718. The molecule has 0 aliphatic carbocycles. The van der Waals surface area contributed by atoms with Crippen molar-refractivity contribution < 1.29 is 14.7 Å². The van der Waals surface area contributed by atoms with Crippen LogP contribution in [0.2, 0.25) is 0 Å². The number of piperidine rings is 1. The second-order valence-corrected chi connectivity index (χ2v) is 4.33. The molecule has 2 N–H and O–H groups in total. The number of nitrogens with one attached hydrogen (secondary N) is 1. The van der Waals surface area contributed by atoms with E-state index in [2.05, 4.69) is 11.2 Å². The standard InChI is InChI=1S/C12H18N2O3/c1-3-7-13-11(17)14-8-5-6-12(4-2,9-14)10(15)16/h1H,4-9H2,2H3,(H,13,17)(H,15,16). The maximum absolute atomic E-state index is 11.7. The molecule has 0 aromatic heterocycles. The van der Waals surface area contributed by atoms with Gasteiger partial charge in [-0.05, 0) is 19.3 Å².